The zero-order valence-corrected chi connectivity index (χ0v) is 11.3. The first-order valence-electron chi connectivity index (χ1n) is 5.31. The van der Waals surface area contributed by atoms with Crippen LogP contribution in [0.15, 0.2) is 34.9 Å². The maximum absolute atomic E-state index is 12.4. The van der Waals surface area contributed by atoms with Crippen molar-refractivity contribution in [2.75, 3.05) is 0 Å². The van der Waals surface area contributed by atoms with E-state index >= 15 is 0 Å². The number of halogens is 4. The fraction of sp³-hybridized carbons (Fsp3) is 0.182. The van der Waals surface area contributed by atoms with Crippen molar-refractivity contribution in [3.8, 4) is 0 Å². The van der Waals surface area contributed by atoms with Crippen LogP contribution in [-0.4, -0.2) is 14.7 Å². The average molecular weight is 350 g/mol. The number of hydrogen-bond acceptors (Lipinski definition) is 3. The molecule has 0 aliphatic carbocycles. The predicted octanol–water partition coefficient (Wildman–Crippen LogP) is 3.62. The van der Waals surface area contributed by atoms with E-state index in [4.69, 9.17) is 0 Å². The van der Waals surface area contributed by atoms with Gasteiger partial charge in [0, 0.05) is 12.3 Å². The van der Waals surface area contributed by atoms with Crippen LogP contribution in [0.3, 0.4) is 0 Å². The largest absolute Gasteiger partial charge is 0.435 e. The topological polar surface area (TPSA) is 61.0 Å². The van der Waals surface area contributed by atoms with Gasteiger partial charge in [0.05, 0.1) is 15.9 Å². The fourth-order valence-electron chi connectivity index (χ4n) is 1.58. The molecule has 0 unspecified atom stereocenters. The van der Waals surface area contributed by atoms with Gasteiger partial charge in [0.25, 0.3) is 5.69 Å². The molecule has 0 radical (unpaired) electrons. The molecule has 1 heterocycles. The van der Waals surface area contributed by atoms with Crippen LogP contribution in [0, 0.1) is 10.1 Å². The lowest BCUT2D eigenvalue weighted by Gasteiger charge is -2.04. The molecule has 0 saturated carbocycles. The number of hydrogen-bond donors (Lipinski definition) is 0. The monoisotopic (exact) mass is 349 g/mol. The van der Waals surface area contributed by atoms with Gasteiger partial charge in [0.1, 0.15) is 0 Å². The van der Waals surface area contributed by atoms with E-state index in [0.29, 0.717) is 10.0 Å². The van der Waals surface area contributed by atoms with Crippen LogP contribution in [0.4, 0.5) is 18.9 Å². The van der Waals surface area contributed by atoms with Gasteiger partial charge in [-0.3, -0.25) is 14.8 Å². The maximum Gasteiger partial charge on any atom is 0.435 e. The van der Waals surface area contributed by atoms with E-state index in [2.05, 4.69) is 21.0 Å². The van der Waals surface area contributed by atoms with Gasteiger partial charge < -0.3 is 0 Å². The van der Waals surface area contributed by atoms with E-state index in [1.165, 1.54) is 18.3 Å². The van der Waals surface area contributed by atoms with Crippen LogP contribution >= 0.6 is 15.9 Å². The summed E-state index contributed by atoms with van der Waals surface area (Å²) in [7, 11) is 0. The molecule has 9 heteroatoms. The summed E-state index contributed by atoms with van der Waals surface area (Å²) in [5, 5.41) is 14.2. The Kier molecular flexibility index (Phi) is 3.80. The van der Waals surface area contributed by atoms with Crippen molar-refractivity contribution >= 4 is 21.6 Å². The van der Waals surface area contributed by atoms with Crippen molar-refractivity contribution in [2.45, 2.75) is 12.7 Å². The quantitative estimate of drug-likeness (QED) is 0.628. The minimum Gasteiger partial charge on any atom is -0.268 e. The van der Waals surface area contributed by atoms with Crippen LogP contribution in [0.2, 0.25) is 0 Å². The number of alkyl halides is 3. The summed E-state index contributed by atoms with van der Waals surface area (Å²) in [4.78, 5) is 10.2. The standard InChI is InChI=1S/C11H7BrF3N3O2/c12-8-2-1-7(5-9(8)18(19)20)6-17-4-3-10(16-17)11(13,14)15/h1-5H,6H2. The highest BCUT2D eigenvalue weighted by Gasteiger charge is 2.33. The van der Waals surface area contributed by atoms with Crippen molar-refractivity contribution in [1.82, 2.24) is 9.78 Å². The number of nitro benzene ring substituents is 1. The Morgan fingerprint density at radius 3 is 2.60 bits per heavy atom. The third-order valence-corrected chi connectivity index (χ3v) is 3.15. The minimum absolute atomic E-state index is 0.0181. The highest BCUT2D eigenvalue weighted by molar-refractivity contribution is 9.10. The molecule has 0 aliphatic rings. The zero-order valence-electron chi connectivity index (χ0n) is 9.76. The first-order valence-corrected chi connectivity index (χ1v) is 6.10. The maximum atomic E-state index is 12.4. The van der Waals surface area contributed by atoms with Gasteiger partial charge in [-0.05, 0) is 33.6 Å². The van der Waals surface area contributed by atoms with Crippen molar-refractivity contribution in [3.05, 3.63) is 56.3 Å². The SMILES string of the molecule is O=[N+]([O-])c1cc(Cn2ccc(C(F)(F)F)n2)ccc1Br. The van der Waals surface area contributed by atoms with E-state index in [1.54, 1.807) is 6.07 Å². The van der Waals surface area contributed by atoms with Crippen molar-refractivity contribution in [1.29, 1.82) is 0 Å². The number of rotatable bonds is 3. The molecule has 0 spiro atoms. The summed E-state index contributed by atoms with van der Waals surface area (Å²) >= 11 is 3.03. The number of nitrogens with zero attached hydrogens (tertiary/aromatic N) is 3. The minimum atomic E-state index is -4.50. The van der Waals surface area contributed by atoms with Crippen LogP contribution in [-0.2, 0) is 12.7 Å². The Hall–Kier alpha value is -1.90. The molecule has 106 valence electrons. The van der Waals surface area contributed by atoms with Crippen molar-refractivity contribution < 1.29 is 18.1 Å². The number of benzene rings is 1. The number of nitro groups is 1. The Balaban J connectivity index is 2.24. The lowest BCUT2D eigenvalue weighted by molar-refractivity contribution is -0.385. The smallest absolute Gasteiger partial charge is 0.268 e. The molecule has 1 aromatic heterocycles. The predicted molar refractivity (Wildman–Crippen MR) is 67.1 cm³/mol. The van der Waals surface area contributed by atoms with Crippen molar-refractivity contribution in [3.63, 3.8) is 0 Å². The van der Waals surface area contributed by atoms with Crippen LogP contribution in [0.25, 0.3) is 0 Å². The molecule has 5 nitrogen and oxygen atoms in total. The molecule has 0 amide bonds. The summed E-state index contributed by atoms with van der Waals surface area (Å²) in [6.07, 6.45) is -3.33. The summed E-state index contributed by atoms with van der Waals surface area (Å²) in [5.74, 6) is 0. The third-order valence-electron chi connectivity index (χ3n) is 2.48. The Morgan fingerprint density at radius 2 is 2.05 bits per heavy atom. The highest BCUT2D eigenvalue weighted by Crippen LogP contribution is 2.28. The summed E-state index contributed by atoms with van der Waals surface area (Å²) < 4.78 is 38.6. The second kappa shape index (κ2) is 5.23. The molecular formula is C11H7BrF3N3O2. The van der Waals surface area contributed by atoms with E-state index in [9.17, 15) is 23.3 Å². The van der Waals surface area contributed by atoms with E-state index in [1.807, 2.05) is 0 Å². The molecule has 20 heavy (non-hydrogen) atoms. The molecule has 0 N–H and O–H groups in total. The molecule has 0 atom stereocenters. The first kappa shape index (κ1) is 14.5. The van der Waals surface area contributed by atoms with E-state index in [-0.39, 0.29) is 12.2 Å². The molecule has 2 rings (SSSR count). The van der Waals surface area contributed by atoms with Gasteiger partial charge in [0.2, 0.25) is 0 Å². The normalized spacial score (nSPS) is 11.6. The molecule has 0 bridgehead atoms. The Labute approximate surface area is 119 Å². The summed E-state index contributed by atoms with van der Waals surface area (Å²) in [6, 6.07) is 5.19. The lowest BCUT2D eigenvalue weighted by Crippen LogP contribution is -2.08. The van der Waals surface area contributed by atoms with Gasteiger partial charge in [0.15, 0.2) is 5.69 Å². The van der Waals surface area contributed by atoms with Gasteiger partial charge in [-0.1, -0.05) is 6.07 Å². The highest BCUT2D eigenvalue weighted by atomic mass is 79.9. The molecular weight excluding hydrogens is 343 g/mol. The second-order valence-electron chi connectivity index (χ2n) is 3.94. The molecule has 2 aromatic rings. The fourth-order valence-corrected chi connectivity index (χ4v) is 1.98. The van der Waals surface area contributed by atoms with Gasteiger partial charge in [-0.2, -0.15) is 18.3 Å². The average Bonchev–Trinajstić information content (AvgIpc) is 2.79. The summed E-state index contributed by atoms with van der Waals surface area (Å²) in [6.45, 7) is 0.0181. The lowest BCUT2D eigenvalue weighted by atomic mass is 10.2. The number of aromatic nitrogens is 2. The van der Waals surface area contributed by atoms with E-state index in [0.717, 1.165) is 10.7 Å². The van der Waals surface area contributed by atoms with Gasteiger partial charge in [-0.25, -0.2) is 0 Å². The second-order valence-corrected chi connectivity index (χ2v) is 4.79. The third kappa shape index (κ3) is 3.16. The Bertz CT molecular complexity index is 655. The van der Waals surface area contributed by atoms with Gasteiger partial charge >= 0.3 is 6.18 Å². The first-order chi connectivity index (χ1) is 9.27. The molecule has 0 aliphatic heterocycles. The van der Waals surface area contributed by atoms with Crippen molar-refractivity contribution in [2.24, 2.45) is 0 Å². The molecule has 0 fully saturated rings. The molecule has 1 aromatic carbocycles. The van der Waals surface area contributed by atoms with Crippen LogP contribution in [0.1, 0.15) is 11.3 Å². The molecule has 0 saturated heterocycles. The Morgan fingerprint density at radius 1 is 1.35 bits per heavy atom. The summed E-state index contributed by atoms with van der Waals surface area (Å²) in [5.41, 5.74) is -0.661. The zero-order chi connectivity index (χ0) is 14.9. The van der Waals surface area contributed by atoms with Gasteiger partial charge in [-0.15, -0.1) is 0 Å². The van der Waals surface area contributed by atoms with Crippen LogP contribution < -0.4 is 0 Å². The van der Waals surface area contributed by atoms with E-state index < -0.39 is 16.8 Å². The van der Waals surface area contributed by atoms with Crippen LogP contribution in [0.5, 0.6) is 0 Å².